The largest absolute Gasteiger partial charge is 0.480 e. The number of likely N-dealkylation sites (tertiary alicyclic amines) is 1. The molecule has 1 aliphatic rings. The molecule has 0 bridgehead atoms. The number of hydrogen-bond donors (Lipinski definition) is 3. The number of aliphatic hydroxyl groups excluding tert-OH is 1. The van der Waals surface area contributed by atoms with Crippen LogP contribution in [0.3, 0.4) is 0 Å². The van der Waals surface area contributed by atoms with Gasteiger partial charge in [-0.1, -0.05) is 0 Å². The first-order chi connectivity index (χ1) is 8.97. The average Bonchev–Trinajstić information content (AvgIpc) is 2.92. The number of rotatable bonds is 3. The highest BCUT2D eigenvalue weighted by molar-refractivity contribution is 5.83. The molecule has 9 heteroatoms. The van der Waals surface area contributed by atoms with Crippen molar-refractivity contribution in [2.75, 3.05) is 6.54 Å². The molecule has 0 saturated carbocycles. The minimum atomic E-state index is -1.12. The Hall–Kier alpha value is -2.16. The molecule has 1 aromatic rings. The topological polar surface area (TPSA) is 121 Å². The lowest BCUT2D eigenvalue weighted by atomic mass is 10.2. The second kappa shape index (κ2) is 5.22. The van der Waals surface area contributed by atoms with Crippen molar-refractivity contribution in [3.05, 3.63) is 12.2 Å². The van der Waals surface area contributed by atoms with Gasteiger partial charge in [0.1, 0.15) is 12.4 Å². The maximum Gasteiger partial charge on any atom is 0.326 e. The van der Waals surface area contributed by atoms with Gasteiger partial charge >= 0.3 is 12.0 Å². The first kappa shape index (κ1) is 13.3. The third-order valence-electron chi connectivity index (χ3n) is 2.87. The molecule has 0 aliphatic carbocycles. The number of carbonyl (C=O) groups excluding carboxylic acids is 1. The fourth-order valence-electron chi connectivity index (χ4n) is 1.99. The lowest BCUT2D eigenvalue weighted by molar-refractivity contribution is -0.141. The van der Waals surface area contributed by atoms with Crippen molar-refractivity contribution in [1.29, 1.82) is 0 Å². The Morgan fingerprint density at radius 3 is 2.89 bits per heavy atom. The van der Waals surface area contributed by atoms with Gasteiger partial charge in [-0.15, -0.1) is 0 Å². The minimum absolute atomic E-state index is 0.0123. The van der Waals surface area contributed by atoms with Gasteiger partial charge in [-0.3, -0.25) is 4.68 Å². The van der Waals surface area contributed by atoms with E-state index in [1.165, 1.54) is 11.0 Å². The van der Waals surface area contributed by atoms with Gasteiger partial charge < -0.3 is 20.4 Å². The molecule has 104 valence electrons. The zero-order valence-corrected chi connectivity index (χ0v) is 10.4. The first-order valence-corrected chi connectivity index (χ1v) is 5.77. The van der Waals surface area contributed by atoms with E-state index < -0.39 is 24.1 Å². The second-order valence-electron chi connectivity index (χ2n) is 4.39. The number of nitrogens with one attached hydrogen (secondary N) is 1. The van der Waals surface area contributed by atoms with E-state index in [1.807, 2.05) is 0 Å². The van der Waals surface area contributed by atoms with Crippen LogP contribution in [-0.2, 0) is 18.4 Å². The van der Waals surface area contributed by atoms with Gasteiger partial charge in [-0.2, -0.15) is 5.10 Å². The molecule has 1 fully saturated rings. The number of β-amino-alcohol motifs (C(OH)–C–C–N with tert-alkyl or cyclic N) is 1. The lowest BCUT2D eigenvalue weighted by Crippen LogP contribution is -2.46. The van der Waals surface area contributed by atoms with E-state index in [9.17, 15) is 14.7 Å². The van der Waals surface area contributed by atoms with Crippen LogP contribution >= 0.6 is 0 Å². The number of carboxylic acid groups (broad SMARTS) is 1. The minimum Gasteiger partial charge on any atom is -0.480 e. The summed E-state index contributed by atoms with van der Waals surface area (Å²) in [6.45, 7) is 0.122. The molecular formula is C10H15N5O4. The van der Waals surface area contributed by atoms with Gasteiger partial charge in [0.25, 0.3) is 0 Å². The normalized spacial score (nSPS) is 22.5. The number of amides is 2. The zero-order valence-electron chi connectivity index (χ0n) is 10.4. The highest BCUT2D eigenvalue weighted by Crippen LogP contribution is 2.18. The van der Waals surface area contributed by atoms with Crippen LogP contribution in [0.25, 0.3) is 0 Å². The van der Waals surface area contributed by atoms with E-state index in [4.69, 9.17) is 5.11 Å². The zero-order chi connectivity index (χ0) is 14.0. The number of carbonyl (C=O) groups is 2. The summed E-state index contributed by atoms with van der Waals surface area (Å²) in [6, 6.07) is -1.54. The third-order valence-corrected chi connectivity index (χ3v) is 2.87. The van der Waals surface area contributed by atoms with E-state index in [0.717, 1.165) is 4.90 Å². The van der Waals surface area contributed by atoms with Crippen molar-refractivity contribution in [3.63, 3.8) is 0 Å². The predicted molar refractivity (Wildman–Crippen MR) is 62.0 cm³/mol. The molecular weight excluding hydrogens is 254 g/mol. The molecule has 2 atom stereocenters. The number of hydrogen-bond acceptors (Lipinski definition) is 5. The summed E-state index contributed by atoms with van der Waals surface area (Å²) in [7, 11) is 1.70. The predicted octanol–water partition coefficient (Wildman–Crippen LogP) is -1.46. The van der Waals surface area contributed by atoms with Crippen molar-refractivity contribution in [2.45, 2.75) is 25.1 Å². The molecule has 2 heterocycles. The van der Waals surface area contributed by atoms with Crippen LogP contribution in [0.5, 0.6) is 0 Å². The van der Waals surface area contributed by atoms with Crippen LogP contribution < -0.4 is 5.32 Å². The van der Waals surface area contributed by atoms with Crippen LogP contribution in [0.4, 0.5) is 4.79 Å². The van der Waals surface area contributed by atoms with Gasteiger partial charge in [0.15, 0.2) is 5.82 Å². The van der Waals surface area contributed by atoms with Gasteiger partial charge in [0.2, 0.25) is 0 Å². The van der Waals surface area contributed by atoms with Crippen LogP contribution in [0.2, 0.25) is 0 Å². The number of aromatic nitrogens is 3. The Balaban J connectivity index is 1.93. The van der Waals surface area contributed by atoms with Crippen LogP contribution in [-0.4, -0.2) is 60.6 Å². The molecule has 2 amide bonds. The molecule has 9 nitrogen and oxygen atoms in total. The summed E-state index contributed by atoms with van der Waals surface area (Å²) in [6.07, 6.45) is 0.742. The maximum atomic E-state index is 11.9. The van der Waals surface area contributed by atoms with Crippen molar-refractivity contribution >= 4 is 12.0 Å². The third kappa shape index (κ3) is 2.99. The molecule has 19 heavy (non-hydrogen) atoms. The number of urea groups is 1. The Morgan fingerprint density at radius 2 is 2.32 bits per heavy atom. The van der Waals surface area contributed by atoms with Crippen LogP contribution in [0, 0.1) is 0 Å². The van der Waals surface area contributed by atoms with Crippen LogP contribution in [0.1, 0.15) is 12.2 Å². The van der Waals surface area contributed by atoms with Crippen molar-refractivity contribution in [2.24, 2.45) is 7.05 Å². The fourth-order valence-corrected chi connectivity index (χ4v) is 1.99. The van der Waals surface area contributed by atoms with E-state index in [-0.39, 0.29) is 19.5 Å². The fraction of sp³-hybridized carbons (Fsp3) is 0.600. The molecule has 0 aromatic carbocycles. The average molecular weight is 269 g/mol. The Bertz CT molecular complexity index is 488. The van der Waals surface area contributed by atoms with Gasteiger partial charge in [-0.05, 0) is 0 Å². The molecule has 0 spiro atoms. The molecule has 1 aliphatic heterocycles. The summed E-state index contributed by atoms with van der Waals surface area (Å²) >= 11 is 0. The number of nitrogens with zero attached hydrogens (tertiary/aromatic N) is 4. The van der Waals surface area contributed by atoms with E-state index in [2.05, 4.69) is 15.4 Å². The van der Waals surface area contributed by atoms with Crippen LogP contribution in [0.15, 0.2) is 6.33 Å². The SMILES string of the molecule is Cn1cnc(CNC(=O)N2CC(O)CC2C(=O)O)n1. The standard InChI is InChI=1S/C10H15N5O4/c1-14-5-12-8(13-14)3-11-10(19)15-4-6(16)2-7(15)9(17)18/h5-7,16H,2-4H2,1H3,(H,11,19)(H,17,18). The number of carboxylic acids is 1. The van der Waals surface area contributed by atoms with Crippen molar-refractivity contribution in [3.8, 4) is 0 Å². The molecule has 3 N–H and O–H groups in total. The highest BCUT2D eigenvalue weighted by atomic mass is 16.4. The molecule has 2 unspecified atom stereocenters. The Morgan fingerprint density at radius 1 is 1.58 bits per heavy atom. The van der Waals surface area contributed by atoms with Gasteiger partial charge in [0, 0.05) is 20.0 Å². The molecule has 0 radical (unpaired) electrons. The van der Waals surface area contributed by atoms with Crippen molar-refractivity contribution < 1.29 is 19.8 Å². The summed E-state index contributed by atoms with van der Waals surface area (Å²) in [5.74, 6) is -0.690. The Kier molecular flexibility index (Phi) is 3.65. The molecule has 1 aromatic heterocycles. The Labute approximate surface area is 108 Å². The van der Waals surface area contributed by atoms with Gasteiger partial charge in [-0.25, -0.2) is 14.6 Å². The molecule has 1 saturated heterocycles. The monoisotopic (exact) mass is 269 g/mol. The summed E-state index contributed by atoms with van der Waals surface area (Å²) in [4.78, 5) is 27.9. The van der Waals surface area contributed by atoms with E-state index in [0.29, 0.717) is 5.82 Å². The number of aryl methyl sites for hydroxylation is 1. The second-order valence-corrected chi connectivity index (χ2v) is 4.39. The maximum absolute atomic E-state index is 11.9. The number of aliphatic hydroxyl groups is 1. The smallest absolute Gasteiger partial charge is 0.326 e. The lowest BCUT2D eigenvalue weighted by Gasteiger charge is -2.21. The number of aliphatic carboxylic acids is 1. The molecule has 2 rings (SSSR count). The van der Waals surface area contributed by atoms with Crippen molar-refractivity contribution in [1.82, 2.24) is 25.0 Å². The summed E-state index contributed by atoms with van der Waals surface area (Å²) in [5.41, 5.74) is 0. The van der Waals surface area contributed by atoms with E-state index in [1.54, 1.807) is 7.05 Å². The quantitative estimate of drug-likeness (QED) is 0.617. The summed E-state index contributed by atoms with van der Waals surface area (Å²) < 4.78 is 1.50. The highest BCUT2D eigenvalue weighted by Gasteiger charge is 2.38. The first-order valence-electron chi connectivity index (χ1n) is 5.77. The van der Waals surface area contributed by atoms with Gasteiger partial charge in [0.05, 0.1) is 12.6 Å². The summed E-state index contributed by atoms with van der Waals surface area (Å²) in [5, 5.41) is 24.9. The van der Waals surface area contributed by atoms with E-state index >= 15 is 0 Å².